The van der Waals surface area contributed by atoms with Gasteiger partial charge in [-0.3, -0.25) is 4.79 Å². The molecule has 0 fully saturated rings. The van der Waals surface area contributed by atoms with Crippen LogP contribution in [0.1, 0.15) is 21.8 Å². The topological polar surface area (TPSA) is 80.0 Å². The summed E-state index contributed by atoms with van der Waals surface area (Å²) in [6.07, 6.45) is 1.58. The number of rotatable bonds is 4. The zero-order chi connectivity index (χ0) is 16.2. The van der Waals surface area contributed by atoms with Crippen molar-refractivity contribution in [1.82, 2.24) is 10.1 Å². The van der Waals surface area contributed by atoms with Gasteiger partial charge in [0.2, 0.25) is 0 Å². The quantitative estimate of drug-likeness (QED) is 0.768. The van der Waals surface area contributed by atoms with E-state index in [4.69, 9.17) is 4.52 Å². The van der Waals surface area contributed by atoms with Crippen molar-refractivity contribution in [1.29, 1.82) is 0 Å². The Hall–Kier alpha value is -3.15. The Morgan fingerprint density at radius 3 is 2.61 bits per heavy atom. The summed E-state index contributed by atoms with van der Waals surface area (Å²) in [7, 11) is 0. The minimum atomic E-state index is -0.247. The van der Waals surface area contributed by atoms with E-state index in [0.717, 1.165) is 22.7 Å². The number of amides is 1. The van der Waals surface area contributed by atoms with E-state index in [1.807, 2.05) is 38.1 Å². The van der Waals surface area contributed by atoms with Gasteiger partial charge in [-0.2, -0.15) is 0 Å². The van der Waals surface area contributed by atoms with Crippen LogP contribution in [0.5, 0.6) is 0 Å². The molecule has 23 heavy (non-hydrogen) atoms. The first kappa shape index (κ1) is 14.8. The number of pyridine rings is 1. The normalized spacial score (nSPS) is 10.3. The first-order chi connectivity index (χ1) is 11.1. The largest absolute Gasteiger partial charge is 0.360 e. The van der Waals surface area contributed by atoms with Gasteiger partial charge in [-0.15, -0.1) is 0 Å². The number of nitrogens with zero attached hydrogens (tertiary/aromatic N) is 2. The molecule has 3 aromatic rings. The Labute approximate surface area is 133 Å². The minimum absolute atomic E-state index is 0.247. The maximum absolute atomic E-state index is 12.2. The molecule has 2 heterocycles. The number of carbonyl (C=O) groups excluding carboxylic acids is 1. The van der Waals surface area contributed by atoms with Crippen LogP contribution in [0.4, 0.5) is 17.2 Å². The summed E-state index contributed by atoms with van der Waals surface area (Å²) in [6.45, 7) is 3.76. The van der Waals surface area contributed by atoms with E-state index in [1.165, 1.54) is 0 Å². The zero-order valence-corrected chi connectivity index (χ0v) is 12.8. The third-order valence-corrected chi connectivity index (χ3v) is 3.29. The average Bonchev–Trinajstić information content (AvgIpc) is 2.95. The molecule has 0 atom stereocenters. The second-order valence-electron chi connectivity index (χ2n) is 5.15. The van der Waals surface area contributed by atoms with Crippen LogP contribution in [-0.4, -0.2) is 16.0 Å². The number of carbonyl (C=O) groups is 1. The standard InChI is InChI=1S/C17H16N4O2/c1-11-5-3-4-6-14(11)20-17(22)15-8-7-13(10-18-15)19-16-9-12(2)23-21-16/h3-10H,1-2H3,(H,19,21)(H,20,22). The van der Waals surface area contributed by atoms with Crippen LogP contribution in [0, 0.1) is 13.8 Å². The summed E-state index contributed by atoms with van der Waals surface area (Å²) in [5, 5.41) is 9.74. The molecule has 6 nitrogen and oxygen atoms in total. The van der Waals surface area contributed by atoms with Crippen molar-refractivity contribution in [2.45, 2.75) is 13.8 Å². The van der Waals surface area contributed by atoms with Gasteiger partial charge in [0.15, 0.2) is 5.82 Å². The summed E-state index contributed by atoms with van der Waals surface area (Å²) in [4.78, 5) is 16.4. The summed E-state index contributed by atoms with van der Waals surface area (Å²) < 4.78 is 4.98. The Morgan fingerprint density at radius 2 is 1.96 bits per heavy atom. The van der Waals surface area contributed by atoms with Crippen LogP contribution in [0.25, 0.3) is 0 Å². The fourth-order valence-corrected chi connectivity index (χ4v) is 2.07. The van der Waals surface area contributed by atoms with E-state index >= 15 is 0 Å². The van der Waals surface area contributed by atoms with Crippen LogP contribution in [0.3, 0.4) is 0 Å². The van der Waals surface area contributed by atoms with E-state index in [0.29, 0.717) is 11.5 Å². The number of para-hydroxylation sites is 1. The molecule has 6 heteroatoms. The van der Waals surface area contributed by atoms with Gasteiger partial charge in [-0.05, 0) is 37.6 Å². The molecule has 3 rings (SSSR count). The van der Waals surface area contributed by atoms with Crippen molar-refractivity contribution in [3.05, 3.63) is 65.7 Å². The predicted octanol–water partition coefficient (Wildman–Crippen LogP) is 3.68. The summed E-state index contributed by atoms with van der Waals surface area (Å²) in [5.74, 6) is 1.07. The minimum Gasteiger partial charge on any atom is -0.360 e. The Bertz CT molecular complexity index is 825. The molecule has 1 amide bonds. The number of aryl methyl sites for hydroxylation is 2. The molecule has 0 bridgehead atoms. The lowest BCUT2D eigenvalue weighted by atomic mass is 10.2. The molecule has 0 radical (unpaired) electrons. The van der Waals surface area contributed by atoms with Crippen LogP contribution < -0.4 is 10.6 Å². The highest BCUT2D eigenvalue weighted by molar-refractivity contribution is 6.03. The van der Waals surface area contributed by atoms with Crippen molar-refractivity contribution in [3.63, 3.8) is 0 Å². The number of hydrogen-bond donors (Lipinski definition) is 2. The van der Waals surface area contributed by atoms with Crippen molar-refractivity contribution in [2.75, 3.05) is 10.6 Å². The lowest BCUT2D eigenvalue weighted by Crippen LogP contribution is -2.14. The molecular formula is C17H16N4O2. The lowest BCUT2D eigenvalue weighted by molar-refractivity contribution is 0.102. The van der Waals surface area contributed by atoms with E-state index in [9.17, 15) is 4.79 Å². The number of anilines is 3. The maximum Gasteiger partial charge on any atom is 0.274 e. The molecule has 0 saturated carbocycles. The van der Waals surface area contributed by atoms with Crippen LogP contribution in [0.15, 0.2) is 53.2 Å². The molecule has 0 saturated heterocycles. The summed E-state index contributed by atoms with van der Waals surface area (Å²) in [6, 6.07) is 12.8. The molecule has 1 aromatic carbocycles. The number of aromatic nitrogens is 2. The first-order valence-electron chi connectivity index (χ1n) is 7.15. The van der Waals surface area contributed by atoms with Gasteiger partial charge in [0, 0.05) is 11.8 Å². The van der Waals surface area contributed by atoms with Gasteiger partial charge < -0.3 is 15.2 Å². The Kier molecular flexibility index (Phi) is 4.05. The lowest BCUT2D eigenvalue weighted by Gasteiger charge is -2.08. The van der Waals surface area contributed by atoms with Crippen LogP contribution in [-0.2, 0) is 0 Å². The highest BCUT2D eigenvalue weighted by Crippen LogP contribution is 2.17. The molecule has 0 spiro atoms. The van der Waals surface area contributed by atoms with Gasteiger partial charge in [-0.1, -0.05) is 23.4 Å². The summed E-state index contributed by atoms with van der Waals surface area (Å²) in [5.41, 5.74) is 2.85. The second kappa shape index (κ2) is 6.31. The van der Waals surface area contributed by atoms with Crippen molar-refractivity contribution < 1.29 is 9.32 Å². The monoisotopic (exact) mass is 308 g/mol. The maximum atomic E-state index is 12.2. The third kappa shape index (κ3) is 3.55. The van der Waals surface area contributed by atoms with Crippen molar-refractivity contribution in [3.8, 4) is 0 Å². The van der Waals surface area contributed by atoms with Gasteiger partial charge in [0.05, 0.1) is 11.9 Å². The van der Waals surface area contributed by atoms with Gasteiger partial charge >= 0.3 is 0 Å². The second-order valence-corrected chi connectivity index (χ2v) is 5.15. The molecule has 0 aliphatic heterocycles. The predicted molar refractivity (Wildman–Crippen MR) is 87.9 cm³/mol. The zero-order valence-electron chi connectivity index (χ0n) is 12.8. The first-order valence-corrected chi connectivity index (χ1v) is 7.15. The molecule has 116 valence electrons. The molecule has 2 N–H and O–H groups in total. The Balaban J connectivity index is 1.69. The van der Waals surface area contributed by atoms with Gasteiger partial charge in [0.1, 0.15) is 11.5 Å². The van der Waals surface area contributed by atoms with E-state index in [2.05, 4.69) is 20.8 Å². The fraction of sp³-hybridized carbons (Fsp3) is 0.118. The molecule has 2 aromatic heterocycles. The van der Waals surface area contributed by atoms with E-state index < -0.39 is 0 Å². The third-order valence-electron chi connectivity index (χ3n) is 3.29. The van der Waals surface area contributed by atoms with Gasteiger partial charge in [-0.25, -0.2) is 4.98 Å². The number of hydrogen-bond acceptors (Lipinski definition) is 5. The average molecular weight is 308 g/mol. The highest BCUT2D eigenvalue weighted by Gasteiger charge is 2.09. The SMILES string of the molecule is Cc1cc(Nc2ccc(C(=O)Nc3ccccc3C)nc2)no1. The molecular weight excluding hydrogens is 292 g/mol. The highest BCUT2D eigenvalue weighted by atomic mass is 16.5. The van der Waals surface area contributed by atoms with Crippen molar-refractivity contribution in [2.24, 2.45) is 0 Å². The molecule has 0 aliphatic rings. The van der Waals surface area contributed by atoms with Gasteiger partial charge in [0.25, 0.3) is 5.91 Å². The smallest absolute Gasteiger partial charge is 0.274 e. The number of nitrogens with one attached hydrogen (secondary N) is 2. The molecule has 0 aliphatic carbocycles. The molecule has 0 unspecified atom stereocenters. The van der Waals surface area contributed by atoms with Crippen molar-refractivity contribution >= 4 is 23.1 Å². The van der Waals surface area contributed by atoms with E-state index in [1.54, 1.807) is 24.4 Å². The fourth-order valence-electron chi connectivity index (χ4n) is 2.07. The van der Waals surface area contributed by atoms with Crippen LogP contribution in [0.2, 0.25) is 0 Å². The summed E-state index contributed by atoms with van der Waals surface area (Å²) >= 11 is 0. The van der Waals surface area contributed by atoms with E-state index in [-0.39, 0.29) is 5.91 Å². The van der Waals surface area contributed by atoms with Crippen LogP contribution >= 0.6 is 0 Å². The Morgan fingerprint density at radius 1 is 1.13 bits per heavy atom. The number of benzene rings is 1.